The first-order chi connectivity index (χ1) is 6.33. The molecule has 0 spiro atoms. The minimum absolute atomic E-state index is 0.502. The molecule has 0 bridgehead atoms. The Morgan fingerprint density at radius 2 is 2.54 bits per heavy atom. The molecule has 0 saturated heterocycles. The van der Waals surface area contributed by atoms with Gasteiger partial charge in [0.05, 0.1) is 0 Å². The molecule has 1 rings (SSSR count). The second-order valence-electron chi connectivity index (χ2n) is 3.01. The minimum atomic E-state index is 0.502. The zero-order chi connectivity index (χ0) is 9.52. The molecule has 0 aliphatic heterocycles. The fourth-order valence-electron chi connectivity index (χ4n) is 1.15. The van der Waals surface area contributed by atoms with Crippen LogP contribution < -0.4 is 5.32 Å². The molecule has 0 amide bonds. The van der Waals surface area contributed by atoms with E-state index in [-0.39, 0.29) is 0 Å². The van der Waals surface area contributed by atoms with Crippen molar-refractivity contribution in [1.29, 1.82) is 0 Å². The van der Waals surface area contributed by atoms with E-state index in [9.17, 15) is 0 Å². The van der Waals surface area contributed by atoms with E-state index in [1.54, 1.807) is 16.9 Å². The van der Waals surface area contributed by atoms with E-state index in [2.05, 4.69) is 29.1 Å². The van der Waals surface area contributed by atoms with Crippen LogP contribution in [0.4, 0.5) is 0 Å². The Kier molecular flexibility index (Phi) is 5.13. The Labute approximate surface area is 88.4 Å². The van der Waals surface area contributed by atoms with E-state index in [0.29, 0.717) is 6.04 Å². The molecule has 0 radical (unpaired) electrons. The highest BCUT2D eigenvalue weighted by Gasteiger charge is 2.01. The van der Waals surface area contributed by atoms with Gasteiger partial charge >= 0.3 is 0 Å². The number of hydrogen-bond acceptors (Lipinski definition) is 2. The Bertz CT molecular complexity index is 243. The Morgan fingerprint density at radius 1 is 1.69 bits per heavy atom. The SMILES string of the molecule is CC(Cc1ccsc1)NC/C=C/Cl. The van der Waals surface area contributed by atoms with Crippen LogP contribution in [0.2, 0.25) is 0 Å². The molecule has 1 N–H and O–H groups in total. The molecule has 1 nitrogen and oxygen atoms in total. The van der Waals surface area contributed by atoms with Gasteiger partial charge in [-0.15, -0.1) is 0 Å². The van der Waals surface area contributed by atoms with Gasteiger partial charge in [0.2, 0.25) is 0 Å². The summed E-state index contributed by atoms with van der Waals surface area (Å²) in [6, 6.07) is 2.67. The predicted octanol–water partition coefficient (Wildman–Crippen LogP) is 3.02. The van der Waals surface area contributed by atoms with Crippen LogP contribution in [0.5, 0.6) is 0 Å². The molecule has 1 heterocycles. The first-order valence-corrected chi connectivity index (χ1v) is 5.70. The summed E-state index contributed by atoms with van der Waals surface area (Å²) in [5.74, 6) is 0. The lowest BCUT2D eigenvalue weighted by Crippen LogP contribution is -2.27. The van der Waals surface area contributed by atoms with Gasteiger partial charge in [-0.05, 0) is 35.7 Å². The lowest BCUT2D eigenvalue weighted by atomic mass is 10.1. The van der Waals surface area contributed by atoms with E-state index >= 15 is 0 Å². The highest BCUT2D eigenvalue weighted by atomic mass is 35.5. The minimum Gasteiger partial charge on any atom is -0.310 e. The fraction of sp³-hybridized carbons (Fsp3) is 0.400. The number of rotatable bonds is 5. The summed E-state index contributed by atoms with van der Waals surface area (Å²) in [7, 11) is 0. The van der Waals surface area contributed by atoms with Crippen LogP contribution in [0, 0.1) is 0 Å². The van der Waals surface area contributed by atoms with E-state index in [4.69, 9.17) is 11.6 Å². The molecule has 1 unspecified atom stereocenters. The zero-order valence-corrected chi connectivity index (χ0v) is 9.24. The maximum absolute atomic E-state index is 5.41. The van der Waals surface area contributed by atoms with E-state index < -0.39 is 0 Å². The summed E-state index contributed by atoms with van der Waals surface area (Å²) in [4.78, 5) is 0. The van der Waals surface area contributed by atoms with Crippen molar-refractivity contribution in [1.82, 2.24) is 5.32 Å². The maximum Gasteiger partial charge on any atom is 0.0149 e. The Hall–Kier alpha value is -0.310. The van der Waals surface area contributed by atoms with Gasteiger partial charge in [-0.1, -0.05) is 17.7 Å². The highest BCUT2D eigenvalue weighted by Crippen LogP contribution is 2.08. The topological polar surface area (TPSA) is 12.0 Å². The van der Waals surface area contributed by atoms with Crippen molar-refractivity contribution < 1.29 is 0 Å². The number of thiophene rings is 1. The first kappa shape index (κ1) is 10.8. The van der Waals surface area contributed by atoms with Gasteiger partial charge in [-0.2, -0.15) is 11.3 Å². The second kappa shape index (κ2) is 6.19. The van der Waals surface area contributed by atoms with Crippen molar-refractivity contribution in [2.75, 3.05) is 6.54 Å². The van der Waals surface area contributed by atoms with Crippen molar-refractivity contribution in [2.45, 2.75) is 19.4 Å². The number of nitrogens with one attached hydrogen (secondary N) is 1. The molecule has 0 aliphatic rings. The molecule has 1 aromatic heterocycles. The monoisotopic (exact) mass is 215 g/mol. The van der Waals surface area contributed by atoms with Crippen LogP contribution in [0.3, 0.4) is 0 Å². The van der Waals surface area contributed by atoms with Crippen LogP contribution in [-0.4, -0.2) is 12.6 Å². The molecular weight excluding hydrogens is 202 g/mol. The van der Waals surface area contributed by atoms with Crippen LogP contribution in [0.15, 0.2) is 28.4 Å². The third-order valence-electron chi connectivity index (χ3n) is 1.80. The van der Waals surface area contributed by atoms with Gasteiger partial charge in [0, 0.05) is 18.1 Å². The Morgan fingerprint density at radius 3 is 3.15 bits per heavy atom. The average molecular weight is 216 g/mol. The maximum atomic E-state index is 5.41. The van der Waals surface area contributed by atoms with Crippen LogP contribution in [0.25, 0.3) is 0 Å². The summed E-state index contributed by atoms with van der Waals surface area (Å²) in [6.45, 7) is 3.02. The summed E-state index contributed by atoms with van der Waals surface area (Å²) in [5, 5.41) is 7.66. The molecule has 0 saturated carbocycles. The second-order valence-corrected chi connectivity index (χ2v) is 4.04. The van der Waals surface area contributed by atoms with Gasteiger partial charge in [0.25, 0.3) is 0 Å². The number of hydrogen-bond donors (Lipinski definition) is 1. The molecule has 1 atom stereocenters. The van der Waals surface area contributed by atoms with Crippen molar-refractivity contribution in [2.24, 2.45) is 0 Å². The molecule has 1 aromatic rings. The average Bonchev–Trinajstić information content (AvgIpc) is 2.57. The fourth-order valence-corrected chi connectivity index (χ4v) is 1.92. The largest absolute Gasteiger partial charge is 0.310 e. The van der Waals surface area contributed by atoms with Gasteiger partial charge < -0.3 is 5.32 Å². The summed E-state index contributed by atoms with van der Waals surface area (Å²) >= 11 is 7.16. The number of halogens is 1. The molecule has 0 fully saturated rings. The molecule has 72 valence electrons. The normalized spacial score (nSPS) is 13.7. The standard InChI is InChI=1S/C10H14ClNS/c1-9(12-5-2-4-11)7-10-3-6-13-8-10/h2-4,6,8-9,12H,5,7H2,1H3/b4-2+. The molecular formula is C10H14ClNS. The third kappa shape index (κ3) is 4.46. The Balaban J connectivity index is 2.21. The molecule has 0 aliphatic carbocycles. The quantitative estimate of drug-likeness (QED) is 0.797. The third-order valence-corrected chi connectivity index (χ3v) is 2.71. The summed E-state index contributed by atoms with van der Waals surface area (Å²) in [5.41, 5.74) is 2.95. The molecule has 3 heteroatoms. The van der Waals surface area contributed by atoms with Crippen LogP contribution in [-0.2, 0) is 6.42 Å². The van der Waals surface area contributed by atoms with Gasteiger partial charge in [0.15, 0.2) is 0 Å². The van der Waals surface area contributed by atoms with E-state index in [1.165, 1.54) is 5.56 Å². The van der Waals surface area contributed by atoms with Gasteiger partial charge in [-0.3, -0.25) is 0 Å². The van der Waals surface area contributed by atoms with Crippen molar-refractivity contribution in [3.63, 3.8) is 0 Å². The lowest BCUT2D eigenvalue weighted by molar-refractivity contribution is 0.581. The van der Waals surface area contributed by atoms with Crippen LogP contribution >= 0.6 is 22.9 Å². The van der Waals surface area contributed by atoms with Gasteiger partial charge in [-0.25, -0.2) is 0 Å². The van der Waals surface area contributed by atoms with Crippen molar-refractivity contribution in [3.05, 3.63) is 34.0 Å². The first-order valence-electron chi connectivity index (χ1n) is 4.32. The smallest absolute Gasteiger partial charge is 0.0149 e. The van der Waals surface area contributed by atoms with Crippen molar-refractivity contribution in [3.8, 4) is 0 Å². The van der Waals surface area contributed by atoms with E-state index in [1.807, 2.05) is 6.08 Å². The lowest BCUT2D eigenvalue weighted by Gasteiger charge is -2.10. The molecule has 0 aromatic carbocycles. The zero-order valence-electron chi connectivity index (χ0n) is 7.66. The van der Waals surface area contributed by atoms with Gasteiger partial charge in [0.1, 0.15) is 0 Å². The highest BCUT2D eigenvalue weighted by molar-refractivity contribution is 7.07. The van der Waals surface area contributed by atoms with Crippen LogP contribution in [0.1, 0.15) is 12.5 Å². The molecule has 13 heavy (non-hydrogen) atoms. The summed E-state index contributed by atoms with van der Waals surface area (Å²) in [6.07, 6.45) is 2.99. The predicted molar refractivity (Wildman–Crippen MR) is 60.5 cm³/mol. The van der Waals surface area contributed by atoms with E-state index in [0.717, 1.165) is 13.0 Å². The summed E-state index contributed by atoms with van der Waals surface area (Å²) < 4.78 is 0. The van der Waals surface area contributed by atoms with Crippen molar-refractivity contribution >= 4 is 22.9 Å².